The van der Waals surface area contributed by atoms with E-state index < -0.39 is 11.9 Å². The molecule has 0 bridgehead atoms. The molecule has 6 heteroatoms. The lowest BCUT2D eigenvalue weighted by molar-refractivity contribution is 0.0944. The third-order valence-corrected chi connectivity index (χ3v) is 5.04. The highest BCUT2D eigenvalue weighted by Gasteiger charge is 2.19. The summed E-state index contributed by atoms with van der Waals surface area (Å²) in [4.78, 5) is 18.8. The van der Waals surface area contributed by atoms with E-state index in [1.807, 2.05) is 6.92 Å². The molecule has 0 spiro atoms. The number of pyridine rings is 1. The van der Waals surface area contributed by atoms with Crippen molar-refractivity contribution in [1.82, 2.24) is 14.7 Å². The number of carbonyl (C=O) groups excluding carboxylic acids is 1. The molecule has 3 heterocycles. The van der Waals surface area contributed by atoms with Gasteiger partial charge in [-0.25, -0.2) is 4.98 Å². The minimum absolute atomic E-state index is 0.149. The second-order valence-corrected chi connectivity index (χ2v) is 7.01. The lowest BCUT2D eigenvalue weighted by atomic mass is 10.0. The molecule has 1 amide bonds. The Hall–Kier alpha value is -2.89. The van der Waals surface area contributed by atoms with Crippen LogP contribution in [0.5, 0.6) is 0 Å². The van der Waals surface area contributed by atoms with Gasteiger partial charge < -0.3 is 10.2 Å². The molecule has 5 nitrogen and oxygen atoms in total. The number of hydrogen-bond acceptors (Lipinski definition) is 3. The van der Waals surface area contributed by atoms with Gasteiger partial charge in [-0.1, -0.05) is 18.2 Å². The Kier molecular flexibility index (Phi) is 4.79. The van der Waals surface area contributed by atoms with Gasteiger partial charge in [0.15, 0.2) is 5.69 Å². The van der Waals surface area contributed by atoms with Gasteiger partial charge in [0.05, 0.1) is 0 Å². The maximum absolute atomic E-state index is 14.4. The van der Waals surface area contributed by atoms with Crippen molar-refractivity contribution in [2.24, 2.45) is 0 Å². The second kappa shape index (κ2) is 7.39. The molecule has 3 aromatic rings. The monoisotopic (exact) mass is 366 g/mol. The van der Waals surface area contributed by atoms with Crippen LogP contribution in [0.25, 0.3) is 5.65 Å². The summed E-state index contributed by atoms with van der Waals surface area (Å²) in [5.41, 5.74) is 3.94. The Balaban J connectivity index is 1.35. The quantitative estimate of drug-likeness (QED) is 0.705. The molecule has 27 heavy (non-hydrogen) atoms. The van der Waals surface area contributed by atoms with E-state index in [9.17, 15) is 9.18 Å². The van der Waals surface area contributed by atoms with Crippen LogP contribution in [0, 0.1) is 12.9 Å². The van der Waals surface area contributed by atoms with E-state index in [0.29, 0.717) is 12.2 Å². The van der Waals surface area contributed by atoms with Crippen molar-refractivity contribution in [1.29, 1.82) is 0 Å². The van der Waals surface area contributed by atoms with Gasteiger partial charge in [-0.15, -0.1) is 0 Å². The number of rotatable bonds is 5. The summed E-state index contributed by atoms with van der Waals surface area (Å²) >= 11 is 0. The van der Waals surface area contributed by atoms with Crippen molar-refractivity contribution in [2.45, 2.75) is 26.2 Å². The number of aromatic nitrogens is 2. The minimum atomic E-state index is -0.618. The normalized spacial score (nSPS) is 13.6. The zero-order valence-electron chi connectivity index (χ0n) is 15.4. The molecule has 1 N–H and O–H groups in total. The van der Waals surface area contributed by atoms with Crippen molar-refractivity contribution in [3.05, 3.63) is 65.4 Å². The van der Waals surface area contributed by atoms with E-state index in [4.69, 9.17) is 0 Å². The predicted molar refractivity (Wildman–Crippen MR) is 104 cm³/mol. The molecule has 0 unspecified atom stereocenters. The number of imidazole rings is 1. The smallest absolute Gasteiger partial charge is 0.274 e. The SMILES string of the molecule is Cc1ccn2c(F)c(C(=O)NCCCN3CCCc4ccccc43)nc2c1. The maximum atomic E-state index is 14.4. The van der Waals surface area contributed by atoms with Gasteiger partial charge in [0.1, 0.15) is 5.65 Å². The number of benzene rings is 1. The second-order valence-electron chi connectivity index (χ2n) is 7.01. The van der Waals surface area contributed by atoms with Crippen molar-refractivity contribution in [3.63, 3.8) is 0 Å². The topological polar surface area (TPSA) is 49.6 Å². The van der Waals surface area contributed by atoms with Crippen LogP contribution in [0.15, 0.2) is 42.6 Å². The van der Waals surface area contributed by atoms with Crippen LogP contribution in [0.1, 0.15) is 34.5 Å². The molecule has 1 aliphatic heterocycles. The molecule has 0 radical (unpaired) electrons. The van der Waals surface area contributed by atoms with E-state index in [0.717, 1.165) is 37.9 Å². The van der Waals surface area contributed by atoms with Gasteiger partial charge in [0.25, 0.3) is 5.91 Å². The van der Waals surface area contributed by atoms with Gasteiger partial charge in [-0.05, 0) is 55.5 Å². The van der Waals surface area contributed by atoms with E-state index in [1.165, 1.54) is 15.7 Å². The highest BCUT2D eigenvalue weighted by molar-refractivity contribution is 5.93. The van der Waals surface area contributed by atoms with Gasteiger partial charge >= 0.3 is 0 Å². The number of hydrogen-bond donors (Lipinski definition) is 1. The van der Waals surface area contributed by atoms with E-state index in [2.05, 4.69) is 39.5 Å². The molecule has 0 saturated heterocycles. The zero-order valence-corrected chi connectivity index (χ0v) is 15.4. The number of fused-ring (bicyclic) bond motifs is 2. The minimum Gasteiger partial charge on any atom is -0.371 e. The lowest BCUT2D eigenvalue weighted by Gasteiger charge is -2.31. The summed E-state index contributed by atoms with van der Waals surface area (Å²) in [6, 6.07) is 12.0. The summed E-state index contributed by atoms with van der Waals surface area (Å²) in [5.74, 6) is -1.08. The average molecular weight is 366 g/mol. The van der Waals surface area contributed by atoms with Crippen LogP contribution >= 0.6 is 0 Å². The van der Waals surface area contributed by atoms with Crippen LogP contribution < -0.4 is 10.2 Å². The Morgan fingerprint density at radius 3 is 3.04 bits per heavy atom. The van der Waals surface area contributed by atoms with E-state index >= 15 is 0 Å². The van der Waals surface area contributed by atoms with Crippen molar-refractivity contribution < 1.29 is 9.18 Å². The van der Waals surface area contributed by atoms with Crippen LogP contribution in [0.3, 0.4) is 0 Å². The number of para-hydroxylation sites is 1. The van der Waals surface area contributed by atoms with Crippen LogP contribution in [-0.2, 0) is 6.42 Å². The molecule has 0 atom stereocenters. The number of anilines is 1. The molecular formula is C21H23FN4O. The molecule has 0 saturated carbocycles. The van der Waals surface area contributed by atoms with Crippen LogP contribution in [0.2, 0.25) is 0 Å². The highest BCUT2D eigenvalue weighted by atomic mass is 19.1. The standard InChI is InChI=1S/C21H23FN4O/c1-15-9-13-26-18(14-15)24-19(20(26)22)21(27)23-10-5-12-25-11-4-7-16-6-2-3-8-17(16)25/h2-3,6,8-9,13-14H,4-5,7,10-12H2,1H3,(H,23,27). The number of nitrogens with zero attached hydrogens (tertiary/aromatic N) is 3. The lowest BCUT2D eigenvalue weighted by Crippen LogP contribution is -2.33. The first-order chi connectivity index (χ1) is 13.1. The van der Waals surface area contributed by atoms with Crippen molar-refractivity contribution in [2.75, 3.05) is 24.5 Å². The van der Waals surface area contributed by atoms with E-state index in [-0.39, 0.29) is 5.69 Å². The Morgan fingerprint density at radius 2 is 2.15 bits per heavy atom. The average Bonchev–Trinajstić information content (AvgIpc) is 3.01. The fraction of sp³-hybridized carbons (Fsp3) is 0.333. The van der Waals surface area contributed by atoms with Crippen molar-refractivity contribution >= 4 is 17.2 Å². The van der Waals surface area contributed by atoms with Crippen molar-refractivity contribution in [3.8, 4) is 0 Å². The maximum Gasteiger partial charge on any atom is 0.274 e. The molecule has 0 fully saturated rings. The first-order valence-corrected chi connectivity index (χ1v) is 9.39. The summed E-state index contributed by atoms with van der Waals surface area (Å²) in [7, 11) is 0. The fourth-order valence-corrected chi connectivity index (χ4v) is 3.66. The summed E-state index contributed by atoms with van der Waals surface area (Å²) in [6.45, 7) is 4.30. The Labute approximate surface area is 157 Å². The molecule has 1 aliphatic rings. The Morgan fingerprint density at radius 1 is 1.30 bits per heavy atom. The van der Waals surface area contributed by atoms with Crippen LogP contribution in [0.4, 0.5) is 10.1 Å². The van der Waals surface area contributed by atoms with Gasteiger partial charge in [0, 0.05) is 31.5 Å². The molecule has 1 aromatic carbocycles. The summed E-state index contributed by atoms with van der Waals surface area (Å²) in [5, 5.41) is 2.80. The third-order valence-electron chi connectivity index (χ3n) is 5.04. The van der Waals surface area contributed by atoms with Gasteiger partial charge in [-0.3, -0.25) is 9.20 Å². The molecule has 2 aromatic heterocycles. The number of aryl methyl sites for hydroxylation is 2. The molecule has 4 rings (SSSR count). The number of halogens is 1. The molecular weight excluding hydrogens is 343 g/mol. The highest BCUT2D eigenvalue weighted by Crippen LogP contribution is 2.26. The van der Waals surface area contributed by atoms with E-state index in [1.54, 1.807) is 18.3 Å². The zero-order chi connectivity index (χ0) is 18.8. The molecule has 140 valence electrons. The Bertz CT molecular complexity index is 981. The first kappa shape index (κ1) is 17.5. The predicted octanol–water partition coefficient (Wildman–Crippen LogP) is 3.35. The third kappa shape index (κ3) is 3.52. The fourth-order valence-electron chi connectivity index (χ4n) is 3.66. The largest absolute Gasteiger partial charge is 0.371 e. The summed E-state index contributed by atoms with van der Waals surface area (Å²) < 4.78 is 15.7. The number of amides is 1. The van der Waals surface area contributed by atoms with Gasteiger partial charge in [0.2, 0.25) is 5.95 Å². The molecule has 0 aliphatic carbocycles. The van der Waals surface area contributed by atoms with Gasteiger partial charge in [-0.2, -0.15) is 4.39 Å². The summed E-state index contributed by atoms with van der Waals surface area (Å²) in [6.07, 6.45) is 4.66. The number of carbonyl (C=O) groups is 1. The van der Waals surface area contributed by atoms with Crippen LogP contribution in [-0.4, -0.2) is 34.9 Å². The number of nitrogens with one attached hydrogen (secondary N) is 1. The first-order valence-electron chi connectivity index (χ1n) is 9.39.